The van der Waals surface area contributed by atoms with Crippen molar-refractivity contribution in [3.8, 4) is 0 Å². The number of hydrogen-bond donors (Lipinski definition) is 1. The molecule has 0 saturated carbocycles. The Labute approximate surface area is 101 Å². The Morgan fingerprint density at radius 2 is 2.53 bits per heavy atom. The normalized spacial score (nSPS) is 23.2. The van der Waals surface area contributed by atoms with Crippen molar-refractivity contribution in [2.75, 3.05) is 25.9 Å². The van der Waals surface area contributed by atoms with Gasteiger partial charge < -0.3 is 4.90 Å². The van der Waals surface area contributed by atoms with Crippen LogP contribution in [0.4, 0.5) is 0 Å². The maximum atomic E-state index is 4.70. The summed E-state index contributed by atoms with van der Waals surface area (Å²) in [5.74, 6) is 1.57. The predicted octanol–water partition coefficient (Wildman–Crippen LogP) is 2.42. The molecular formula is C11H18N2S2. The van der Waals surface area contributed by atoms with Crippen molar-refractivity contribution in [1.82, 2.24) is 9.88 Å². The number of aromatic nitrogens is 1. The maximum absolute atomic E-state index is 4.70. The second-order valence-electron chi connectivity index (χ2n) is 4.25. The summed E-state index contributed by atoms with van der Waals surface area (Å²) < 4.78 is 0. The molecule has 1 fully saturated rings. The second kappa shape index (κ2) is 5.32. The van der Waals surface area contributed by atoms with Crippen LogP contribution < -0.4 is 0 Å². The summed E-state index contributed by atoms with van der Waals surface area (Å²) in [4.78, 5) is 7.11. The Balaban J connectivity index is 2.01. The van der Waals surface area contributed by atoms with Gasteiger partial charge in [-0.05, 0) is 38.6 Å². The minimum Gasteiger partial charge on any atom is -0.306 e. The molecule has 0 N–H and O–H groups in total. The topological polar surface area (TPSA) is 16.1 Å². The van der Waals surface area contributed by atoms with Gasteiger partial charge in [0.25, 0.3) is 0 Å². The number of thiazole rings is 1. The molecule has 1 aromatic rings. The van der Waals surface area contributed by atoms with Crippen LogP contribution >= 0.6 is 24.0 Å². The van der Waals surface area contributed by atoms with E-state index >= 15 is 0 Å². The van der Waals surface area contributed by atoms with Crippen molar-refractivity contribution in [3.63, 3.8) is 0 Å². The van der Waals surface area contributed by atoms with Gasteiger partial charge in [-0.1, -0.05) is 0 Å². The highest BCUT2D eigenvalue weighted by Gasteiger charge is 2.21. The number of likely N-dealkylation sites (N-methyl/N-ethyl adjacent to an activating group) is 1. The third-order valence-corrected chi connectivity index (χ3v) is 4.19. The van der Waals surface area contributed by atoms with Crippen LogP contribution in [0.3, 0.4) is 0 Å². The number of aryl methyl sites for hydroxylation is 1. The first-order valence-corrected chi connectivity index (χ1v) is 7.04. The monoisotopic (exact) mass is 242 g/mol. The molecule has 15 heavy (non-hydrogen) atoms. The molecule has 1 saturated heterocycles. The SMILES string of the molecule is CN1CCCC(c2nc(CCS)cs2)C1. The Morgan fingerprint density at radius 3 is 3.27 bits per heavy atom. The van der Waals surface area contributed by atoms with E-state index in [1.807, 2.05) is 11.3 Å². The van der Waals surface area contributed by atoms with E-state index in [-0.39, 0.29) is 0 Å². The van der Waals surface area contributed by atoms with Crippen LogP contribution in [0.5, 0.6) is 0 Å². The largest absolute Gasteiger partial charge is 0.306 e. The summed E-state index contributed by atoms with van der Waals surface area (Å²) in [7, 11) is 2.20. The Kier molecular flexibility index (Phi) is 4.05. The van der Waals surface area contributed by atoms with E-state index < -0.39 is 0 Å². The molecular weight excluding hydrogens is 224 g/mol. The maximum Gasteiger partial charge on any atom is 0.0972 e. The summed E-state index contributed by atoms with van der Waals surface area (Å²) >= 11 is 6.07. The van der Waals surface area contributed by atoms with Gasteiger partial charge >= 0.3 is 0 Å². The lowest BCUT2D eigenvalue weighted by Gasteiger charge is -2.28. The van der Waals surface area contributed by atoms with Gasteiger partial charge in [-0.15, -0.1) is 11.3 Å². The van der Waals surface area contributed by atoms with Crippen molar-refractivity contribution < 1.29 is 0 Å². The molecule has 0 bridgehead atoms. The minimum atomic E-state index is 0.669. The molecule has 1 aromatic heterocycles. The molecule has 1 aliphatic rings. The molecule has 0 amide bonds. The van der Waals surface area contributed by atoms with Crippen LogP contribution in [0, 0.1) is 0 Å². The summed E-state index contributed by atoms with van der Waals surface area (Å²) in [5, 5.41) is 3.53. The fraction of sp³-hybridized carbons (Fsp3) is 0.727. The van der Waals surface area contributed by atoms with Crippen LogP contribution in [-0.4, -0.2) is 35.8 Å². The number of rotatable bonds is 3. The van der Waals surface area contributed by atoms with Crippen LogP contribution in [0.1, 0.15) is 29.5 Å². The fourth-order valence-corrected chi connectivity index (χ4v) is 3.32. The fourth-order valence-electron chi connectivity index (χ4n) is 2.11. The number of thiol groups is 1. The molecule has 1 atom stereocenters. The van der Waals surface area contributed by atoms with E-state index in [0.717, 1.165) is 12.2 Å². The molecule has 0 spiro atoms. The van der Waals surface area contributed by atoms with Gasteiger partial charge in [0.1, 0.15) is 0 Å². The van der Waals surface area contributed by atoms with E-state index in [4.69, 9.17) is 4.98 Å². The van der Waals surface area contributed by atoms with E-state index in [2.05, 4.69) is 30.0 Å². The first-order chi connectivity index (χ1) is 7.29. The van der Waals surface area contributed by atoms with Crippen LogP contribution in [-0.2, 0) is 6.42 Å². The third-order valence-electron chi connectivity index (χ3n) is 2.91. The zero-order chi connectivity index (χ0) is 10.7. The lowest BCUT2D eigenvalue weighted by molar-refractivity contribution is 0.250. The van der Waals surface area contributed by atoms with Gasteiger partial charge in [-0.25, -0.2) is 4.98 Å². The quantitative estimate of drug-likeness (QED) is 0.820. The smallest absolute Gasteiger partial charge is 0.0972 e. The average molecular weight is 242 g/mol. The molecule has 2 nitrogen and oxygen atoms in total. The predicted molar refractivity (Wildman–Crippen MR) is 69.1 cm³/mol. The zero-order valence-corrected chi connectivity index (χ0v) is 10.9. The molecule has 0 radical (unpaired) electrons. The summed E-state index contributed by atoms with van der Waals surface area (Å²) in [6, 6.07) is 0. The average Bonchev–Trinajstić information content (AvgIpc) is 2.67. The second-order valence-corrected chi connectivity index (χ2v) is 5.59. The summed E-state index contributed by atoms with van der Waals surface area (Å²) in [6.45, 7) is 2.42. The Bertz CT molecular complexity index is 311. The first-order valence-electron chi connectivity index (χ1n) is 5.53. The van der Waals surface area contributed by atoms with Crippen LogP contribution in [0.25, 0.3) is 0 Å². The Hall–Kier alpha value is -0.0600. The van der Waals surface area contributed by atoms with E-state index in [1.165, 1.54) is 36.6 Å². The number of likely N-dealkylation sites (tertiary alicyclic amines) is 1. The molecule has 4 heteroatoms. The number of hydrogen-bond acceptors (Lipinski definition) is 4. The van der Waals surface area contributed by atoms with Crippen LogP contribution in [0.2, 0.25) is 0 Å². The molecule has 1 aliphatic heterocycles. The molecule has 0 aromatic carbocycles. The first kappa shape index (κ1) is 11.4. The Morgan fingerprint density at radius 1 is 1.67 bits per heavy atom. The lowest BCUT2D eigenvalue weighted by atomic mass is 9.99. The minimum absolute atomic E-state index is 0.669. The highest BCUT2D eigenvalue weighted by molar-refractivity contribution is 7.80. The lowest BCUT2D eigenvalue weighted by Crippen LogP contribution is -2.30. The number of piperidine rings is 1. The van der Waals surface area contributed by atoms with Crippen molar-refractivity contribution in [3.05, 3.63) is 16.1 Å². The summed E-state index contributed by atoms with van der Waals surface area (Å²) in [5.41, 5.74) is 1.22. The standard InChI is InChI=1S/C11H18N2S2/c1-13-5-2-3-9(7-13)11-12-10(4-6-14)8-15-11/h8-9,14H,2-7H2,1H3. The molecule has 1 unspecified atom stereocenters. The van der Waals surface area contributed by atoms with E-state index in [0.29, 0.717) is 5.92 Å². The van der Waals surface area contributed by atoms with Gasteiger partial charge in [0.15, 0.2) is 0 Å². The zero-order valence-electron chi connectivity index (χ0n) is 9.15. The molecule has 0 aliphatic carbocycles. The highest BCUT2D eigenvalue weighted by atomic mass is 32.1. The van der Waals surface area contributed by atoms with Crippen molar-refractivity contribution in [2.45, 2.75) is 25.2 Å². The third kappa shape index (κ3) is 2.95. The van der Waals surface area contributed by atoms with Gasteiger partial charge in [0.05, 0.1) is 10.7 Å². The highest BCUT2D eigenvalue weighted by Crippen LogP contribution is 2.28. The summed E-state index contributed by atoms with van der Waals surface area (Å²) in [6.07, 6.45) is 3.61. The van der Waals surface area contributed by atoms with E-state index in [1.54, 1.807) is 0 Å². The molecule has 2 heterocycles. The van der Waals surface area contributed by atoms with Crippen molar-refractivity contribution >= 4 is 24.0 Å². The van der Waals surface area contributed by atoms with Gasteiger partial charge in [0.2, 0.25) is 0 Å². The molecule has 2 rings (SSSR count). The van der Waals surface area contributed by atoms with E-state index in [9.17, 15) is 0 Å². The van der Waals surface area contributed by atoms with Gasteiger partial charge in [0, 0.05) is 17.8 Å². The van der Waals surface area contributed by atoms with Crippen molar-refractivity contribution in [1.29, 1.82) is 0 Å². The number of nitrogens with zero attached hydrogens (tertiary/aromatic N) is 2. The van der Waals surface area contributed by atoms with Crippen molar-refractivity contribution in [2.24, 2.45) is 0 Å². The van der Waals surface area contributed by atoms with Crippen LogP contribution in [0.15, 0.2) is 5.38 Å². The molecule has 84 valence electrons. The van der Waals surface area contributed by atoms with Gasteiger partial charge in [-0.2, -0.15) is 12.6 Å². The van der Waals surface area contributed by atoms with Gasteiger partial charge in [-0.3, -0.25) is 0 Å².